The van der Waals surface area contributed by atoms with Crippen LogP contribution in [0.2, 0.25) is 5.02 Å². The van der Waals surface area contributed by atoms with Gasteiger partial charge in [0.2, 0.25) is 5.88 Å². The summed E-state index contributed by atoms with van der Waals surface area (Å²) in [6.07, 6.45) is -7.99. The summed E-state index contributed by atoms with van der Waals surface area (Å²) in [6, 6.07) is 5.69. The van der Waals surface area contributed by atoms with Gasteiger partial charge in [-0.1, -0.05) is 11.6 Å². The van der Waals surface area contributed by atoms with Crippen molar-refractivity contribution in [2.75, 3.05) is 7.11 Å². The second kappa shape index (κ2) is 9.37. The van der Waals surface area contributed by atoms with Crippen molar-refractivity contribution in [3.05, 3.63) is 68.2 Å². The van der Waals surface area contributed by atoms with Crippen molar-refractivity contribution >= 4 is 11.6 Å². The first kappa shape index (κ1) is 23.9. The lowest BCUT2D eigenvalue weighted by molar-refractivity contribution is -0.141. The highest BCUT2D eigenvalue weighted by atomic mass is 35.5. The van der Waals surface area contributed by atoms with Gasteiger partial charge in [0.15, 0.2) is 5.69 Å². The predicted molar refractivity (Wildman–Crippen MR) is 102 cm³/mol. The number of nitrogens with zero attached hydrogens (tertiary/aromatic N) is 5. The Morgan fingerprint density at radius 3 is 2.52 bits per heavy atom. The average molecular weight is 488 g/mol. The molecule has 0 N–H and O–H groups in total. The van der Waals surface area contributed by atoms with Crippen LogP contribution in [0.5, 0.6) is 17.6 Å². The number of benzene rings is 1. The van der Waals surface area contributed by atoms with Crippen molar-refractivity contribution < 1.29 is 31.4 Å². The summed E-state index contributed by atoms with van der Waals surface area (Å²) in [5.74, 6) is -0.432. The van der Waals surface area contributed by atoms with E-state index in [4.69, 9.17) is 26.3 Å². The molecule has 2 heterocycles. The van der Waals surface area contributed by atoms with Gasteiger partial charge in [0, 0.05) is 16.7 Å². The van der Waals surface area contributed by atoms with Crippen molar-refractivity contribution in [1.82, 2.24) is 19.7 Å². The molecule has 0 atom stereocenters. The first-order chi connectivity index (χ1) is 15.5. The van der Waals surface area contributed by atoms with Crippen LogP contribution in [0.4, 0.5) is 22.0 Å². The zero-order valence-electron chi connectivity index (χ0n) is 16.4. The van der Waals surface area contributed by atoms with E-state index in [1.165, 1.54) is 12.1 Å². The number of rotatable bonds is 6. The van der Waals surface area contributed by atoms with Gasteiger partial charge in [-0.2, -0.15) is 23.4 Å². The molecule has 0 unspecified atom stereocenters. The Kier molecular flexibility index (Phi) is 6.78. The van der Waals surface area contributed by atoms with Gasteiger partial charge in [-0.25, -0.2) is 8.78 Å². The Labute approximate surface area is 186 Å². The fourth-order valence-corrected chi connectivity index (χ4v) is 2.87. The summed E-state index contributed by atoms with van der Waals surface area (Å²) in [5.41, 5.74) is -3.56. The zero-order valence-corrected chi connectivity index (χ0v) is 17.2. The van der Waals surface area contributed by atoms with Gasteiger partial charge >= 0.3 is 12.2 Å². The number of halogens is 6. The number of hydrogen-bond acceptors (Lipinski definition) is 7. The number of nitriles is 1. The molecule has 0 aliphatic carbocycles. The maximum Gasteiger partial charge on any atom is 0.433 e. The number of methoxy groups -OCH3 is 1. The van der Waals surface area contributed by atoms with Gasteiger partial charge in [0.05, 0.1) is 25.3 Å². The lowest BCUT2D eigenvalue weighted by atomic mass is 10.2. The molecule has 3 rings (SSSR count). The van der Waals surface area contributed by atoms with E-state index < -0.39 is 42.1 Å². The van der Waals surface area contributed by atoms with Gasteiger partial charge in [0.1, 0.15) is 11.4 Å². The van der Waals surface area contributed by atoms with Crippen LogP contribution in [0.25, 0.3) is 0 Å². The highest BCUT2D eigenvalue weighted by Gasteiger charge is 2.35. The molecule has 0 radical (unpaired) electrons. The van der Waals surface area contributed by atoms with Crippen LogP contribution in [0.1, 0.15) is 28.9 Å². The van der Waals surface area contributed by atoms with E-state index in [9.17, 15) is 26.7 Å². The molecular weight excluding hydrogens is 477 g/mol. The van der Waals surface area contributed by atoms with Crippen molar-refractivity contribution in [2.24, 2.45) is 0 Å². The van der Waals surface area contributed by atoms with Gasteiger partial charge in [-0.05, 0) is 24.3 Å². The molecule has 8 nitrogen and oxygen atoms in total. The van der Waals surface area contributed by atoms with Crippen LogP contribution < -0.4 is 15.0 Å². The minimum absolute atomic E-state index is 0.0277. The lowest BCUT2D eigenvalue weighted by Gasteiger charge is -2.16. The zero-order chi connectivity index (χ0) is 24.3. The standard InChI is InChI=1S/C19H11ClF5N5O3/c1-32-17-10(4-13(16(21)22)28-29-17)8-30-15(31)6-14(19(23,24)25)27-18(30)33-12-3-9(7-26)2-11(20)5-12/h2-6,16H,8H2,1H3. The molecule has 33 heavy (non-hydrogen) atoms. The largest absolute Gasteiger partial charge is 0.480 e. The average Bonchev–Trinajstić information content (AvgIpc) is 2.74. The highest BCUT2D eigenvalue weighted by Crippen LogP contribution is 2.31. The van der Waals surface area contributed by atoms with Gasteiger partial charge in [-0.3, -0.25) is 9.36 Å². The number of hydrogen-bond donors (Lipinski definition) is 0. The minimum atomic E-state index is -4.98. The molecule has 0 fully saturated rings. The lowest BCUT2D eigenvalue weighted by Crippen LogP contribution is -2.26. The fourth-order valence-electron chi connectivity index (χ4n) is 2.64. The van der Waals surface area contributed by atoms with E-state index in [0.29, 0.717) is 4.57 Å². The van der Waals surface area contributed by atoms with E-state index in [0.717, 1.165) is 19.2 Å². The van der Waals surface area contributed by atoms with Crippen molar-refractivity contribution in [1.29, 1.82) is 5.26 Å². The van der Waals surface area contributed by atoms with E-state index in [-0.39, 0.29) is 33.8 Å². The van der Waals surface area contributed by atoms with Crippen LogP contribution in [0, 0.1) is 11.3 Å². The van der Waals surface area contributed by atoms with Crippen LogP contribution in [0.3, 0.4) is 0 Å². The summed E-state index contributed by atoms with van der Waals surface area (Å²) in [6.45, 7) is -0.594. The smallest absolute Gasteiger partial charge is 0.433 e. The van der Waals surface area contributed by atoms with Crippen LogP contribution in [-0.4, -0.2) is 26.9 Å². The number of alkyl halides is 5. The second-order valence-corrected chi connectivity index (χ2v) is 6.78. The third-order valence-corrected chi connectivity index (χ3v) is 4.29. The molecule has 0 saturated carbocycles. The van der Waals surface area contributed by atoms with Crippen LogP contribution >= 0.6 is 11.6 Å². The molecule has 3 aromatic rings. The topological polar surface area (TPSA) is 103 Å². The molecular formula is C19H11ClF5N5O3. The Hall–Kier alpha value is -3.79. The summed E-state index contributed by atoms with van der Waals surface area (Å²) in [4.78, 5) is 15.9. The molecule has 0 aliphatic heterocycles. The molecule has 172 valence electrons. The highest BCUT2D eigenvalue weighted by molar-refractivity contribution is 6.30. The quantitative estimate of drug-likeness (QED) is 0.476. The molecule has 1 aromatic carbocycles. The normalized spacial score (nSPS) is 11.4. The van der Waals surface area contributed by atoms with E-state index >= 15 is 0 Å². The van der Waals surface area contributed by atoms with Gasteiger partial charge in [0.25, 0.3) is 12.0 Å². The first-order valence-electron chi connectivity index (χ1n) is 8.78. The Balaban J connectivity index is 2.16. The third kappa shape index (κ3) is 5.53. The summed E-state index contributed by atoms with van der Waals surface area (Å²) in [5, 5.41) is 15.9. The fraction of sp³-hybridized carbons (Fsp3) is 0.211. The minimum Gasteiger partial charge on any atom is -0.480 e. The van der Waals surface area contributed by atoms with Crippen LogP contribution in [0.15, 0.2) is 35.1 Å². The van der Waals surface area contributed by atoms with Crippen molar-refractivity contribution in [3.63, 3.8) is 0 Å². The molecule has 0 aliphatic rings. The molecule has 2 aromatic heterocycles. The maximum atomic E-state index is 13.2. The summed E-state index contributed by atoms with van der Waals surface area (Å²) >= 11 is 5.88. The van der Waals surface area contributed by atoms with Crippen molar-refractivity contribution in [2.45, 2.75) is 19.1 Å². The second-order valence-electron chi connectivity index (χ2n) is 6.34. The maximum absolute atomic E-state index is 13.2. The van der Waals surface area contributed by atoms with E-state index in [2.05, 4.69) is 15.2 Å². The summed E-state index contributed by atoms with van der Waals surface area (Å²) < 4.78 is 76.8. The van der Waals surface area contributed by atoms with E-state index in [1.807, 2.05) is 0 Å². The van der Waals surface area contributed by atoms with E-state index in [1.54, 1.807) is 6.07 Å². The van der Waals surface area contributed by atoms with Gasteiger partial charge in [-0.15, -0.1) is 10.2 Å². The molecule has 0 amide bonds. The van der Waals surface area contributed by atoms with Crippen molar-refractivity contribution in [3.8, 4) is 23.7 Å². The molecule has 0 bridgehead atoms. The Morgan fingerprint density at radius 2 is 1.91 bits per heavy atom. The molecule has 14 heteroatoms. The monoisotopic (exact) mass is 487 g/mol. The molecule has 0 saturated heterocycles. The predicted octanol–water partition coefficient (Wildman–Crippen LogP) is 4.36. The van der Waals surface area contributed by atoms with Crippen LogP contribution in [-0.2, 0) is 12.7 Å². The SMILES string of the molecule is COc1nnc(C(F)F)cc1Cn1c(Oc2cc(Cl)cc(C#N)c2)nc(C(F)(F)F)cc1=O. The number of ether oxygens (including phenoxy) is 2. The Bertz CT molecular complexity index is 1290. The van der Waals surface area contributed by atoms with Gasteiger partial charge < -0.3 is 9.47 Å². The molecule has 0 spiro atoms. The Morgan fingerprint density at radius 1 is 1.18 bits per heavy atom. The summed E-state index contributed by atoms with van der Waals surface area (Å²) in [7, 11) is 1.16. The number of aromatic nitrogens is 4. The third-order valence-electron chi connectivity index (χ3n) is 4.07. The first-order valence-corrected chi connectivity index (χ1v) is 9.16.